The Morgan fingerprint density at radius 3 is 2.44 bits per heavy atom. The topological polar surface area (TPSA) is 87.5 Å². The SMILES string of the molecule is CC(CN(C)C(=O)Nc1ccnn1Cc1ccc(C(F)(F)F)cc1)C(=O)O. The maximum atomic E-state index is 12.6. The molecule has 1 unspecified atom stereocenters. The molecule has 0 spiro atoms. The summed E-state index contributed by atoms with van der Waals surface area (Å²) in [6.45, 7) is 1.67. The van der Waals surface area contributed by atoms with Gasteiger partial charge in [0.2, 0.25) is 0 Å². The van der Waals surface area contributed by atoms with E-state index in [0.29, 0.717) is 11.4 Å². The summed E-state index contributed by atoms with van der Waals surface area (Å²) in [6.07, 6.45) is -2.96. The van der Waals surface area contributed by atoms with Crippen LogP contribution in [-0.4, -0.2) is 45.4 Å². The van der Waals surface area contributed by atoms with Crippen molar-refractivity contribution < 1.29 is 27.9 Å². The maximum absolute atomic E-state index is 12.6. The van der Waals surface area contributed by atoms with Gasteiger partial charge in [-0.15, -0.1) is 0 Å². The van der Waals surface area contributed by atoms with Crippen molar-refractivity contribution in [3.8, 4) is 0 Å². The predicted octanol–water partition coefficient (Wildman–Crippen LogP) is 3.13. The summed E-state index contributed by atoms with van der Waals surface area (Å²) in [5, 5.41) is 15.6. The normalized spacial score (nSPS) is 12.5. The number of carboxylic acids is 1. The molecule has 0 fully saturated rings. The number of urea groups is 1. The molecule has 0 aliphatic heterocycles. The van der Waals surface area contributed by atoms with E-state index in [9.17, 15) is 22.8 Å². The van der Waals surface area contributed by atoms with Crippen molar-refractivity contribution in [2.45, 2.75) is 19.6 Å². The summed E-state index contributed by atoms with van der Waals surface area (Å²) in [7, 11) is 1.46. The molecule has 0 saturated heterocycles. The lowest BCUT2D eigenvalue weighted by molar-refractivity contribution is -0.141. The molecule has 10 heteroatoms. The molecule has 2 amide bonds. The van der Waals surface area contributed by atoms with Crippen molar-refractivity contribution in [1.82, 2.24) is 14.7 Å². The Morgan fingerprint density at radius 1 is 1.26 bits per heavy atom. The first-order valence-electron chi connectivity index (χ1n) is 8.01. The number of nitrogens with one attached hydrogen (secondary N) is 1. The van der Waals surface area contributed by atoms with Crippen LogP contribution in [0.5, 0.6) is 0 Å². The van der Waals surface area contributed by atoms with Gasteiger partial charge in [-0.1, -0.05) is 19.1 Å². The number of anilines is 1. The number of alkyl halides is 3. The van der Waals surface area contributed by atoms with Gasteiger partial charge in [0, 0.05) is 19.7 Å². The van der Waals surface area contributed by atoms with Gasteiger partial charge in [0.05, 0.1) is 24.2 Å². The van der Waals surface area contributed by atoms with E-state index < -0.39 is 29.7 Å². The molecule has 0 aliphatic rings. The Hall–Kier alpha value is -3.04. The average molecular weight is 384 g/mol. The molecule has 146 valence electrons. The Morgan fingerprint density at radius 2 is 1.89 bits per heavy atom. The third kappa shape index (κ3) is 5.47. The van der Waals surface area contributed by atoms with E-state index in [1.807, 2.05) is 0 Å². The Labute approximate surface area is 153 Å². The number of hydrogen-bond donors (Lipinski definition) is 2. The van der Waals surface area contributed by atoms with E-state index in [-0.39, 0.29) is 13.1 Å². The fraction of sp³-hybridized carbons (Fsp3) is 0.353. The van der Waals surface area contributed by atoms with Crippen LogP contribution < -0.4 is 5.32 Å². The lowest BCUT2D eigenvalue weighted by Gasteiger charge is -2.20. The molecule has 2 aromatic rings. The van der Waals surface area contributed by atoms with Crippen LogP contribution in [0.1, 0.15) is 18.1 Å². The highest BCUT2D eigenvalue weighted by atomic mass is 19.4. The molecule has 0 aliphatic carbocycles. The molecule has 1 heterocycles. The van der Waals surface area contributed by atoms with Crippen molar-refractivity contribution in [2.75, 3.05) is 18.9 Å². The second-order valence-electron chi connectivity index (χ2n) is 6.12. The van der Waals surface area contributed by atoms with Crippen LogP contribution in [0, 0.1) is 5.92 Å². The number of hydrogen-bond acceptors (Lipinski definition) is 3. The third-order valence-electron chi connectivity index (χ3n) is 3.88. The second kappa shape index (κ2) is 8.11. The number of carboxylic acid groups (broad SMARTS) is 1. The average Bonchev–Trinajstić information content (AvgIpc) is 3.01. The lowest BCUT2D eigenvalue weighted by atomic mass is 10.1. The Bertz CT molecular complexity index is 803. The van der Waals surface area contributed by atoms with Crippen LogP contribution in [0.15, 0.2) is 36.5 Å². The van der Waals surface area contributed by atoms with Crippen LogP contribution in [0.4, 0.5) is 23.8 Å². The zero-order valence-corrected chi connectivity index (χ0v) is 14.7. The molecule has 1 atom stereocenters. The van der Waals surface area contributed by atoms with Crippen molar-refractivity contribution in [2.24, 2.45) is 5.92 Å². The van der Waals surface area contributed by atoms with E-state index >= 15 is 0 Å². The van der Waals surface area contributed by atoms with Crippen molar-refractivity contribution in [3.63, 3.8) is 0 Å². The number of halogens is 3. The van der Waals surface area contributed by atoms with Crippen molar-refractivity contribution in [3.05, 3.63) is 47.7 Å². The summed E-state index contributed by atoms with van der Waals surface area (Å²) in [5.41, 5.74) is -0.163. The molecule has 2 rings (SSSR count). The molecule has 2 N–H and O–H groups in total. The highest BCUT2D eigenvalue weighted by molar-refractivity contribution is 5.88. The van der Waals surface area contributed by atoms with Crippen molar-refractivity contribution in [1.29, 1.82) is 0 Å². The summed E-state index contributed by atoms with van der Waals surface area (Å²) in [6, 6.07) is 5.68. The predicted molar refractivity (Wildman–Crippen MR) is 91.2 cm³/mol. The van der Waals surface area contributed by atoms with Crippen LogP contribution in [0.2, 0.25) is 0 Å². The number of aliphatic carboxylic acids is 1. The van der Waals surface area contributed by atoms with Gasteiger partial charge < -0.3 is 10.0 Å². The first-order chi connectivity index (χ1) is 12.6. The Balaban J connectivity index is 2.03. The largest absolute Gasteiger partial charge is 0.481 e. The lowest BCUT2D eigenvalue weighted by Crippen LogP contribution is -2.37. The monoisotopic (exact) mass is 384 g/mol. The second-order valence-corrected chi connectivity index (χ2v) is 6.12. The number of aromatic nitrogens is 2. The first kappa shape index (κ1) is 20.3. The number of amides is 2. The highest BCUT2D eigenvalue weighted by Crippen LogP contribution is 2.29. The maximum Gasteiger partial charge on any atom is 0.416 e. The third-order valence-corrected chi connectivity index (χ3v) is 3.88. The van der Waals surface area contributed by atoms with E-state index in [1.165, 1.54) is 47.9 Å². The standard InChI is InChI=1S/C17H19F3N4O3/c1-11(15(25)26)9-23(2)16(27)22-14-7-8-21-24(14)10-12-3-5-13(6-4-12)17(18,19)20/h3-8,11H,9-10H2,1-2H3,(H,22,27)(H,25,26). The fourth-order valence-corrected chi connectivity index (χ4v) is 2.31. The number of rotatable bonds is 6. The summed E-state index contributed by atoms with van der Waals surface area (Å²) in [5.74, 6) is -1.39. The summed E-state index contributed by atoms with van der Waals surface area (Å²) < 4.78 is 39.3. The van der Waals surface area contributed by atoms with Crippen LogP contribution >= 0.6 is 0 Å². The fourth-order valence-electron chi connectivity index (χ4n) is 2.31. The minimum Gasteiger partial charge on any atom is -0.481 e. The van der Waals surface area contributed by atoms with Gasteiger partial charge in [0.15, 0.2) is 0 Å². The van der Waals surface area contributed by atoms with E-state index in [2.05, 4.69) is 10.4 Å². The number of carbonyl (C=O) groups excluding carboxylic acids is 1. The van der Waals surface area contributed by atoms with Crippen molar-refractivity contribution >= 4 is 17.8 Å². The molecule has 1 aromatic heterocycles. The summed E-state index contributed by atoms with van der Waals surface area (Å²) in [4.78, 5) is 24.3. The molecule has 0 bridgehead atoms. The number of benzene rings is 1. The first-order valence-corrected chi connectivity index (χ1v) is 8.01. The van der Waals surface area contributed by atoms with Crippen LogP contribution in [0.3, 0.4) is 0 Å². The van der Waals surface area contributed by atoms with Gasteiger partial charge >= 0.3 is 18.2 Å². The molecule has 1 aromatic carbocycles. The van der Waals surface area contributed by atoms with Gasteiger partial charge in [-0.2, -0.15) is 18.3 Å². The highest BCUT2D eigenvalue weighted by Gasteiger charge is 2.30. The van der Waals surface area contributed by atoms with Gasteiger partial charge in [0.25, 0.3) is 0 Å². The smallest absolute Gasteiger partial charge is 0.416 e. The molecule has 7 nitrogen and oxygen atoms in total. The quantitative estimate of drug-likeness (QED) is 0.801. The molecule has 0 radical (unpaired) electrons. The van der Waals surface area contributed by atoms with Gasteiger partial charge in [-0.3, -0.25) is 10.1 Å². The van der Waals surface area contributed by atoms with Gasteiger partial charge in [-0.05, 0) is 17.7 Å². The van der Waals surface area contributed by atoms with Crippen LogP contribution in [0.25, 0.3) is 0 Å². The zero-order chi connectivity index (χ0) is 20.2. The van der Waals surface area contributed by atoms with Crippen LogP contribution in [-0.2, 0) is 17.5 Å². The number of nitrogens with zero attached hydrogens (tertiary/aromatic N) is 3. The van der Waals surface area contributed by atoms with E-state index in [0.717, 1.165) is 12.1 Å². The minimum atomic E-state index is -4.40. The van der Waals surface area contributed by atoms with E-state index in [1.54, 1.807) is 0 Å². The number of carbonyl (C=O) groups is 2. The van der Waals surface area contributed by atoms with Gasteiger partial charge in [0.1, 0.15) is 5.82 Å². The zero-order valence-electron chi connectivity index (χ0n) is 14.7. The molecule has 0 saturated carbocycles. The summed E-state index contributed by atoms with van der Waals surface area (Å²) >= 11 is 0. The minimum absolute atomic E-state index is 0.0220. The van der Waals surface area contributed by atoms with E-state index in [4.69, 9.17) is 5.11 Å². The Kier molecular flexibility index (Phi) is 6.09. The molecular formula is C17H19F3N4O3. The molecule has 27 heavy (non-hydrogen) atoms. The van der Waals surface area contributed by atoms with Gasteiger partial charge in [-0.25, -0.2) is 9.48 Å². The molecular weight excluding hydrogens is 365 g/mol.